The van der Waals surface area contributed by atoms with Crippen LogP contribution in [0.2, 0.25) is 0 Å². The summed E-state index contributed by atoms with van der Waals surface area (Å²) in [5, 5.41) is 21.3. The van der Waals surface area contributed by atoms with Gasteiger partial charge in [0.2, 0.25) is 0 Å². The molecule has 2 aliphatic heterocycles. The smallest absolute Gasteiger partial charge is 0.325 e. The molecule has 3 atom stereocenters. The molecule has 1 aromatic rings. The number of hydrogen-bond donors (Lipinski definition) is 2. The summed E-state index contributed by atoms with van der Waals surface area (Å²) in [5.41, 5.74) is 0.873. The number of nitrogens with zero attached hydrogens (tertiary/aromatic N) is 1. The Morgan fingerprint density at radius 1 is 1.50 bits per heavy atom. The molecule has 6 heteroatoms. The van der Waals surface area contributed by atoms with E-state index >= 15 is 0 Å². The number of aliphatic hydroxyl groups is 1. The molecule has 1 saturated heterocycles. The van der Waals surface area contributed by atoms with Crippen molar-refractivity contribution >= 4 is 17.3 Å². The van der Waals surface area contributed by atoms with Crippen LogP contribution in [0, 0.1) is 0 Å². The summed E-state index contributed by atoms with van der Waals surface area (Å²) in [5.74, 6) is -0.853. The molecular formula is C12H15NO4S. The van der Waals surface area contributed by atoms with Crippen LogP contribution in [0.5, 0.6) is 0 Å². The molecule has 0 bridgehead atoms. The normalized spacial score (nSPS) is 32.4. The third-order valence-electron chi connectivity index (χ3n) is 3.68. The number of hydrogen-bond acceptors (Lipinski definition) is 5. The quantitative estimate of drug-likeness (QED) is 0.818. The van der Waals surface area contributed by atoms with Crippen molar-refractivity contribution in [2.75, 3.05) is 19.8 Å². The van der Waals surface area contributed by atoms with Crippen molar-refractivity contribution < 1.29 is 19.7 Å². The second-order valence-corrected chi connectivity index (χ2v) is 5.70. The Bertz CT molecular complexity index is 461. The zero-order valence-corrected chi connectivity index (χ0v) is 10.6. The van der Waals surface area contributed by atoms with Crippen LogP contribution in [0.1, 0.15) is 16.5 Å². The number of thiophene rings is 1. The molecule has 98 valence electrons. The Labute approximate surface area is 109 Å². The molecule has 0 radical (unpaired) electrons. The molecule has 2 aliphatic rings. The van der Waals surface area contributed by atoms with E-state index in [1.54, 1.807) is 11.3 Å². The Hall–Kier alpha value is -0.950. The van der Waals surface area contributed by atoms with Gasteiger partial charge in [0.05, 0.1) is 25.4 Å². The summed E-state index contributed by atoms with van der Waals surface area (Å²) in [4.78, 5) is 14.5. The van der Waals surface area contributed by atoms with Gasteiger partial charge < -0.3 is 14.9 Å². The zero-order chi connectivity index (χ0) is 12.7. The Kier molecular flexibility index (Phi) is 3.11. The van der Waals surface area contributed by atoms with Crippen LogP contribution in [-0.2, 0) is 16.0 Å². The summed E-state index contributed by atoms with van der Waals surface area (Å²) < 4.78 is 5.24. The van der Waals surface area contributed by atoms with Crippen molar-refractivity contribution in [2.24, 2.45) is 0 Å². The van der Waals surface area contributed by atoms with Gasteiger partial charge in [0.15, 0.2) is 0 Å². The molecule has 18 heavy (non-hydrogen) atoms. The van der Waals surface area contributed by atoms with Crippen LogP contribution < -0.4 is 0 Å². The summed E-state index contributed by atoms with van der Waals surface area (Å²) in [6.07, 6.45) is 0.257. The lowest BCUT2D eigenvalue weighted by Crippen LogP contribution is -2.50. The molecule has 3 unspecified atom stereocenters. The van der Waals surface area contributed by atoms with Gasteiger partial charge in [-0.25, -0.2) is 0 Å². The second kappa shape index (κ2) is 4.62. The van der Waals surface area contributed by atoms with Gasteiger partial charge >= 0.3 is 5.97 Å². The lowest BCUT2D eigenvalue weighted by atomic mass is 9.97. The lowest BCUT2D eigenvalue weighted by Gasteiger charge is -2.37. The van der Waals surface area contributed by atoms with Gasteiger partial charge in [0.1, 0.15) is 6.04 Å². The van der Waals surface area contributed by atoms with Gasteiger partial charge in [-0.1, -0.05) is 0 Å². The highest BCUT2D eigenvalue weighted by molar-refractivity contribution is 7.10. The highest BCUT2D eigenvalue weighted by Gasteiger charge is 2.42. The van der Waals surface area contributed by atoms with Gasteiger partial charge in [-0.15, -0.1) is 11.3 Å². The van der Waals surface area contributed by atoms with Crippen molar-refractivity contribution in [3.05, 3.63) is 21.9 Å². The van der Waals surface area contributed by atoms with E-state index in [4.69, 9.17) is 4.74 Å². The first kappa shape index (κ1) is 12.1. The van der Waals surface area contributed by atoms with Crippen LogP contribution in [0.25, 0.3) is 0 Å². The van der Waals surface area contributed by atoms with Crippen LogP contribution in [0.4, 0.5) is 0 Å². The van der Waals surface area contributed by atoms with E-state index in [1.807, 2.05) is 16.3 Å². The fourth-order valence-corrected chi connectivity index (χ4v) is 3.72. The summed E-state index contributed by atoms with van der Waals surface area (Å²) >= 11 is 1.61. The van der Waals surface area contributed by atoms with Crippen molar-refractivity contribution in [3.63, 3.8) is 0 Å². The number of carbonyl (C=O) groups is 1. The predicted molar refractivity (Wildman–Crippen MR) is 65.7 cm³/mol. The van der Waals surface area contributed by atoms with Gasteiger partial charge in [-0.3, -0.25) is 9.69 Å². The molecule has 3 rings (SSSR count). The van der Waals surface area contributed by atoms with E-state index in [0.717, 1.165) is 16.9 Å². The first-order chi connectivity index (χ1) is 8.68. The highest BCUT2D eigenvalue weighted by Crippen LogP contribution is 2.36. The number of rotatable bonds is 2. The van der Waals surface area contributed by atoms with Crippen molar-refractivity contribution in [1.29, 1.82) is 0 Å². The first-order valence-electron chi connectivity index (χ1n) is 5.99. The van der Waals surface area contributed by atoms with Crippen LogP contribution in [-0.4, -0.2) is 53.0 Å². The average Bonchev–Trinajstić information content (AvgIpc) is 2.95. The Morgan fingerprint density at radius 2 is 2.33 bits per heavy atom. The number of aliphatic carboxylic acids is 1. The number of ether oxygens (including phenoxy) is 1. The predicted octanol–water partition coefficient (Wildman–Crippen LogP) is 0.492. The molecule has 1 fully saturated rings. The molecule has 1 aromatic heterocycles. The maximum Gasteiger partial charge on any atom is 0.325 e. The van der Waals surface area contributed by atoms with E-state index in [9.17, 15) is 15.0 Å². The average molecular weight is 269 g/mol. The van der Waals surface area contributed by atoms with E-state index < -0.39 is 18.1 Å². The number of aliphatic hydroxyl groups excluding tert-OH is 1. The van der Waals surface area contributed by atoms with Gasteiger partial charge in [-0.05, 0) is 23.4 Å². The summed E-state index contributed by atoms with van der Waals surface area (Å²) in [6, 6.07) is 1.02. The van der Waals surface area contributed by atoms with Crippen LogP contribution >= 0.6 is 11.3 Å². The zero-order valence-electron chi connectivity index (χ0n) is 9.78. The molecule has 0 spiro atoms. The fourth-order valence-electron chi connectivity index (χ4n) is 2.82. The van der Waals surface area contributed by atoms with Gasteiger partial charge in [-0.2, -0.15) is 0 Å². The molecule has 0 aliphatic carbocycles. The summed E-state index contributed by atoms with van der Waals surface area (Å²) in [6.45, 7) is 1.37. The minimum absolute atomic E-state index is 0.209. The molecule has 0 aromatic carbocycles. The third-order valence-corrected chi connectivity index (χ3v) is 4.68. The molecule has 3 heterocycles. The maximum atomic E-state index is 11.5. The topological polar surface area (TPSA) is 70.0 Å². The molecule has 2 N–H and O–H groups in total. The van der Waals surface area contributed by atoms with E-state index in [0.29, 0.717) is 19.8 Å². The second-order valence-electron chi connectivity index (χ2n) is 4.70. The fraction of sp³-hybridized carbons (Fsp3) is 0.583. The number of fused-ring (bicyclic) bond motifs is 1. The Balaban J connectivity index is 1.93. The van der Waals surface area contributed by atoms with Crippen LogP contribution in [0.15, 0.2) is 11.4 Å². The molecule has 5 nitrogen and oxygen atoms in total. The van der Waals surface area contributed by atoms with E-state index in [1.165, 1.54) is 0 Å². The molecule has 0 amide bonds. The van der Waals surface area contributed by atoms with E-state index in [2.05, 4.69) is 0 Å². The highest BCUT2D eigenvalue weighted by atomic mass is 32.1. The standard InChI is InChI=1S/C12H15NO4S/c14-9-6-17-5-8(9)13-3-1-10-7(2-4-18-10)11(13)12(15)16/h2,4,8-9,11,14H,1,3,5-6H2,(H,15,16). The third kappa shape index (κ3) is 1.85. The lowest BCUT2D eigenvalue weighted by molar-refractivity contribution is -0.145. The van der Waals surface area contributed by atoms with Crippen molar-refractivity contribution in [1.82, 2.24) is 4.90 Å². The number of carboxylic acid groups (broad SMARTS) is 1. The van der Waals surface area contributed by atoms with Crippen molar-refractivity contribution in [3.8, 4) is 0 Å². The van der Waals surface area contributed by atoms with Crippen molar-refractivity contribution in [2.45, 2.75) is 24.6 Å². The first-order valence-corrected chi connectivity index (χ1v) is 6.87. The van der Waals surface area contributed by atoms with Gasteiger partial charge in [0, 0.05) is 11.4 Å². The minimum Gasteiger partial charge on any atom is -0.480 e. The SMILES string of the molecule is O=C(O)C1c2ccsc2CCN1C1COCC1O. The van der Waals surface area contributed by atoms with Crippen LogP contribution in [0.3, 0.4) is 0 Å². The van der Waals surface area contributed by atoms with Gasteiger partial charge in [0.25, 0.3) is 0 Å². The molecule has 0 saturated carbocycles. The summed E-state index contributed by atoms with van der Waals surface area (Å²) in [7, 11) is 0. The monoisotopic (exact) mass is 269 g/mol. The minimum atomic E-state index is -0.853. The maximum absolute atomic E-state index is 11.5. The Morgan fingerprint density at radius 3 is 3.00 bits per heavy atom. The molecular weight excluding hydrogens is 254 g/mol. The number of carboxylic acids is 1. The largest absolute Gasteiger partial charge is 0.480 e. The van der Waals surface area contributed by atoms with E-state index in [-0.39, 0.29) is 6.04 Å².